The zero-order chi connectivity index (χ0) is 18.4. The van der Waals surface area contributed by atoms with Crippen LogP contribution in [-0.2, 0) is 11.4 Å². The van der Waals surface area contributed by atoms with Crippen molar-refractivity contribution in [2.45, 2.75) is 31.3 Å². The van der Waals surface area contributed by atoms with Gasteiger partial charge < -0.3 is 25.6 Å². The van der Waals surface area contributed by atoms with Crippen LogP contribution in [0.1, 0.15) is 23.7 Å². The molecule has 1 amide bonds. The Morgan fingerprint density at radius 1 is 1.23 bits per heavy atom. The van der Waals surface area contributed by atoms with E-state index in [2.05, 4.69) is 10.6 Å². The second-order valence-corrected chi connectivity index (χ2v) is 6.46. The number of β-amino-alcohol motifs (C(OH)–C–C–N with tert-alkyl or cyclic N) is 1. The van der Waals surface area contributed by atoms with Crippen LogP contribution in [0.4, 0.5) is 0 Å². The van der Waals surface area contributed by atoms with Crippen LogP contribution in [0.2, 0.25) is 0 Å². The van der Waals surface area contributed by atoms with Gasteiger partial charge in [-0.3, -0.25) is 4.79 Å². The van der Waals surface area contributed by atoms with Crippen LogP contribution in [0, 0.1) is 0 Å². The summed E-state index contributed by atoms with van der Waals surface area (Å²) in [4.78, 5) is 12.0. The first-order valence-corrected chi connectivity index (χ1v) is 8.76. The van der Waals surface area contributed by atoms with Gasteiger partial charge in [0.1, 0.15) is 12.4 Å². The number of rotatable bonds is 7. The predicted octanol–water partition coefficient (Wildman–Crippen LogP) is 1.14. The number of aliphatic hydroxyl groups is 2. The maximum Gasteiger partial charge on any atom is 0.237 e. The summed E-state index contributed by atoms with van der Waals surface area (Å²) in [5, 5.41) is 25.5. The highest BCUT2D eigenvalue weighted by molar-refractivity contribution is 5.82. The van der Waals surface area contributed by atoms with Crippen LogP contribution in [0.15, 0.2) is 54.6 Å². The third kappa shape index (κ3) is 5.05. The third-order valence-electron chi connectivity index (χ3n) is 4.38. The summed E-state index contributed by atoms with van der Waals surface area (Å²) in [6.45, 7) is 0.976. The van der Waals surface area contributed by atoms with Crippen LogP contribution in [0.5, 0.6) is 5.75 Å². The Kier molecular flexibility index (Phi) is 6.22. The first kappa shape index (κ1) is 18.4. The van der Waals surface area contributed by atoms with Gasteiger partial charge in [-0.15, -0.1) is 0 Å². The Morgan fingerprint density at radius 2 is 2.04 bits per heavy atom. The number of carbonyl (C=O) groups excluding carboxylic acids is 1. The Bertz CT molecular complexity index is 723. The van der Waals surface area contributed by atoms with Gasteiger partial charge in [0.2, 0.25) is 5.91 Å². The van der Waals surface area contributed by atoms with Gasteiger partial charge in [-0.25, -0.2) is 0 Å². The van der Waals surface area contributed by atoms with Gasteiger partial charge >= 0.3 is 0 Å². The first-order valence-electron chi connectivity index (χ1n) is 8.76. The lowest BCUT2D eigenvalue weighted by Gasteiger charge is -2.16. The van der Waals surface area contributed by atoms with E-state index in [4.69, 9.17) is 4.74 Å². The molecule has 0 spiro atoms. The molecule has 4 N–H and O–H groups in total. The van der Waals surface area contributed by atoms with Crippen molar-refractivity contribution in [2.24, 2.45) is 0 Å². The zero-order valence-corrected chi connectivity index (χ0v) is 14.5. The summed E-state index contributed by atoms with van der Waals surface area (Å²) in [6.07, 6.45) is -0.926. The Labute approximate surface area is 152 Å². The van der Waals surface area contributed by atoms with Gasteiger partial charge in [0.15, 0.2) is 0 Å². The van der Waals surface area contributed by atoms with Crippen molar-refractivity contribution in [1.29, 1.82) is 0 Å². The molecule has 1 saturated heterocycles. The molecule has 1 fully saturated rings. The van der Waals surface area contributed by atoms with Crippen LogP contribution in [-0.4, -0.2) is 41.4 Å². The van der Waals surface area contributed by atoms with Crippen molar-refractivity contribution in [3.05, 3.63) is 65.7 Å². The number of ether oxygens (including phenoxy) is 1. The lowest BCUT2D eigenvalue weighted by atomic mass is 10.1. The molecule has 6 nitrogen and oxygen atoms in total. The number of aliphatic hydroxyl groups excluding tert-OH is 2. The summed E-state index contributed by atoms with van der Waals surface area (Å²) in [5.74, 6) is 0.453. The number of benzene rings is 2. The standard InChI is InChI=1S/C20H24N2O4/c23-16-10-18(21-11-16)20(25)22-12-19(24)15-7-4-8-17(9-15)26-13-14-5-2-1-3-6-14/h1-9,16,18-19,21,23-24H,10-13H2,(H,22,25). The number of carbonyl (C=O) groups is 1. The fraction of sp³-hybridized carbons (Fsp3) is 0.350. The minimum Gasteiger partial charge on any atom is -0.489 e. The fourth-order valence-corrected chi connectivity index (χ4v) is 2.91. The maximum atomic E-state index is 12.0. The molecule has 3 unspecified atom stereocenters. The molecule has 0 radical (unpaired) electrons. The molecule has 138 valence electrons. The lowest BCUT2D eigenvalue weighted by Crippen LogP contribution is -2.41. The van der Waals surface area contributed by atoms with Gasteiger partial charge in [-0.05, 0) is 29.7 Å². The van der Waals surface area contributed by atoms with E-state index in [-0.39, 0.29) is 12.5 Å². The maximum absolute atomic E-state index is 12.0. The largest absolute Gasteiger partial charge is 0.489 e. The molecule has 3 atom stereocenters. The zero-order valence-electron chi connectivity index (χ0n) is 14.5. The molecule has 0 aliphatic carbocycles. The van der Waals surface area contributed by atoms with Crippen LogP contribution in [0.25, 0.3) is 0 Å². The molecule has 26 heavy (non-hydrogen) atoms. The van der Waals surface area contributed by atoms with Crippen molar-refractivity contribution in [1.82, 2.24) is 10.6 Å². The molecule has 6 heteroatoms. The predicted molar refractivity (Wildman–Crippen MR) is 97.6 cm³/mol. The van der Waals surface area contributed by atoms with Crippen LogP contribution >= 0.6 is 0 Å². The van der Waals surface area contributed by atoms with Crippen molar-refractivity contribution in [2.75, 3.05) is 13.1 Å². The quantitative estimate of drug-likeness (QED) is 0.597. The normalized spacial score (nSPS) is 20.5. The molecule has 2 aromatic carbocycles. The van der Waals surface area contributed by atoms with E-state index in [1.807, 2.05) is 42.5 Å². The Balaban J connectivity index is 1.51. The van der Waals surface area contributed by atoms with E-state index < -0.39 is 18.2 Å². The van der Waals surface area contributed by atoms with Crippen LogP contribution < -0.4 is 15.4 Å². The Hall–Kier alpha value is -2.41. The average molecular weight is 356 g/mol. The second kappa shape index (κ2) is 8.80. The van der Waals surface area contributed by atoms with Crippen molar-refractivity contribution >= 4 is 5.91 Å². The van der Waals surface area contributed by atoms with E-state index in [1.165, 1.54) is 0 Å². The number of amides is 1. The third-order valence-corrected chi connectivity index (χ3v) is 4.38. The summed E-state index contributed by atoms with van der Waals surface area (Å²) in [6, 6.07) is 16.7. The van der Waals surface area contributed by atoms with Gasteiger partial charge in [0.25, 0.3) is 0 Å². The van der Waals surface area contributed by atoms with E-state index in [0.717, 1.165) is 5.56 Å². The van der Waals surface area contributed by atoms with Gasteiger partial charge in [-0.1, -0.05) is 42.5 Å². The molecule has 2 aromatic rings. The van der Waals surface area contributed by atoms with Crippen molar-refractivity contribution in [3.63, 3.8) is 0 Å². The van der Waals surface area contributed by atoms with Gasteiger partial charge in [0, 0.05) is 13.1 Å². The number of hydrogen-bond donors (Lipinski definition) is 4. The molecule has 1 aliphatic heterocycles. The van der Waals surface area contributed by atoms with E-state index in [0.29, 0.717) is 30.9 Å². The van der Waals surface area contributed by atoms with Crippen LogP contribution in [0.3, 0.4) is 0 Å². The SMILES string of the molecule is O=C(NCC(O)c1cccc(OCc2ccccc2)c1)C1CC(O)CN1. The summed E-state index contributed by atoms with van der Waals surface area (Å²) >= 11 is 0. The minimum absolute atomic E-state index is 0.106. The number of nitrogens with one attached hydrogen (secondary N) is 2. The smallest absolute Gasteiger partial charge is 0.237 e. The average Bonchev–Trinajstić information content (AvgIpc) is 3.12. The van der Waals surface area contributed by atoms with E-state index in [1.54, 1.807) is 12.1 Å². The highest BCUT2D eigenvalue weighted by atomic mass is 16.5. The molecule has 1 aliphatic rings. The first-order chi connectivity index (χ1) is 12.6. The lowest BCUT2D eigenvalue weighted by molar-refractivity contribution is -0.123. The Morgan fingerprint density at radius 3 is 2.77 bits per heavy atom. The van der Waals surface area contributed by atoms with E-state index in [9.17, 15) is 15.0 Å². The highest BCUT2D eigenvalue weighted by Gasteiger charge is 2.28. The highest BCUT2D eigenvalue weighted by Crippen LogP contribution is 2.20. The van der Waals surface area contributed by atoms with Crippen molar-refractivity contribution in [3.8, 4) is 5.75 Å². The molecular formula is C20H24N2O4. The second-order valence-electron chi connectivity index (χ2n) is 6.46. The fourth-order valence-electron chi connectivity index (χ4n) is 2.91. The summed E-state index contributed by atoms with van der Waals surface area (Å²) < 4.78 is 5.77. The molecule has 0 saturated carbocycles. The molecule has 0 aromatic heterocycles. The summed E-state index contributed by atoms with van der Waals surface area (Å²) in [5.41, 5.74) is 1.74. The van der Waals surface area contributed by atoms with Gasteiger partial charge in [-0.2, -0.15) is 0 Å². The molecule has 3 rings (SSSR count). The molecule has 0 bridgehead atoms. The number of hydrogen-bond acceptors (Lipinski definition) is 5. The van der Waals surface area contributed by atoms with Crippen molar-refractivity contribution < 1.29 is 19.7 Å². The molecule has 1 heterocycles. The van der Waals surface area contributed by atoms with E-state index >= 15 is 0 Å². The summed E-state index contributed by atoms with van der Waals surface area (Å²) in [7, 11) is 0. The van der Waals surface area contributed by atoms with Gasteiger partial charge in [0.05, 0.1) is 18.2 Å². The molecular weight excluding hydrogens is 332 g/mol. The monoisotopic (exact) mass is 356 g/mol. The topological polar surface area (TPSA) is 90.8 Å². The minimum atomic E-state index is -0.828.